The first-order valence-corrected chi connectivity index (χ1v) is 5.63. The van der Waals surface area contributed by atoms with E-state index >= 15 is 0 Å². The summed E-state index contributed by atoms with van der Waals surface area (Å²) >= 11 is 2.18. The molecule has 0 unspecified atom stereocenters. The smallest absolute Gasteiger partial charge is 0.322 e. The predicted molar refractivity (Wildman–Crippen MR) is 67.9 cm³/mol. The molecule has 0 N–H and O–H groups in total. The Kier molecular flexibility index (Phi) is 3.47. The van der Waals surface area contributed by atoms with Crippen molar-refractivity contribution in [2.45, 2.75) is 0 Å². The van der Waals surface area contributed by atoms with Gasteiger partial charge in [-0.05, 0) is 46.9 Å². The van der Waals surface area contributed by atoms with Crippen molar-refractivity contribution in [3.05, 3.63) is 50.3 Å². The summed E-state index contributed by atoms with van der Waals surface area (Å²) in [6.45, 7) is 0. The van der Waals surface area contributed by atoms with E-state index in [0.717, 1.165) is 16.0 Å². The quantitative estimate of drug-likeness (QED) is 0.487. The normalized spacial score (nSPS) is 9.94. The maximum absolute atomic E-state index is 10.4. The van der Waals surface area contributed by atoms with Crippen LogP contribution in [0.25, 0.3) is 0 Å². The molecule has 0 bridgehead atoms. The van der Waals surface area contributed by atoms with Gasteiger partial charge < -0.3 is 4.74 Å². The molecule has 0 spiro atoms. The molecule has 2 aromatic rings. The predicted octanol–water partition coefficient (Wildman–Crippen LogP) is 2.78. The van der Waals surface area contributed by atoms with Gasteiger partial charge in [0.1, 0.15) is 18.1 Å². The first kappa shape index (κ1) is 11.7. The van der Waals surface area contributed by atoms with Crippen molar-refractivity contribution in [2.75, 3.05) is 0 Å². The van der Waals surface area contributed by atoms with Crippen LogP contribution in [0, 0.1) is 13.7 Å². The summed E-state index contributed by atoms with van der Waals surface area (Å²) in [4.78, 5) is 17.3. The highest BCUT2D eigenvalue weighted by atomic mass is 127. The van der Waals surface area contributed by atoms with Crippen LogP contribution in [0.2, 0.25) is 0 Å². The Hall–Kier alpha value is -1.77. The van der Waals surface area contributed by atoms with Gasteiger partial charge in [-0.3, -0.25) is 10.1 Å². The monoisotopic (exact) mass is 343 g/mol. The Labute approximate surface area is 110 Å². The highest BCUT2D eigenvalue weighted by molar-refractivity contribution is 14.1. The number of nitrogens with zero attached hydrogens (tertiary/aromatic N) is 3. The molecule has 0 atom stereocenters. The van der Waals surface area contributed by atoms with Gasteiger partial charge in [0.25, 0.3) is 0 Å². The fraction of sp³-hybridized carbons (Fsp3) is 0. The number of nitro groups is 1. The number of halogens is 1. The fourth-order valence-electron chi connectivity index (χ4n) is 1.06. The Bertz CT molecular complexity index is 527. The van der Waals surface area contributed by atoms with Gasteiger partial charge in [0, 0.05) is 3.57 Å². The molecule has 0 saturated heterocycles. The molecule has 17 heavy (non-hydrogen) atoms. The van der Waals surface area contributed by atoms with Crippen molar-refractivity contribution < 1.29 is 9.66 Å². The molecule has 1 aromatic carbocycles. The SMILES string of the molecule is O=[N+]([O-])c1cnc(Oc2ccc(I)cc2)nc1. The molecule has 7 heteroatoms. The zero-order chi connectivity index (χ0) is 12.3. The van der Waals surface area contributed by atoms with Gasteiger partial charge in [0.2, 0.25) is 0 Å². The van der Waals surface area contributed by atoms with Gasteiger partial charge in [-0.15, -0.1) is 0 Å². The molecular formula is C10H6IN3O3. The molecule has 86 valence electrons. The van der Waals surface area contributed by atoms with Gasteiger partial charge in [0.15, 0.2) is 0 Å². The zero-order valence-electron chi connectivity index (χ0n) is 8.41. The van der Waals surface area contributed by atoms with E-state index in [-0.39, 0.29) is 11.7 Å². The minimum atomic E-state index is -0.561. The summed E-state index contributed by atoms with van der Waals surface area (Å²) in [5.41, 5.74) is -0.167. The lowest BCUT2D eigenvalue weighted by molar-refractivity contribution is -0.385. The summed E-state index contributed by atoms with van der Waals surface area (Å²) in [5.74, 6) is 0.583. The van der Waals surface area contributed by atoms with Gasteiger partial charge in [-0.2, -0.15) is 9.97 Å². The molecule has 0 aliphatic heterocycles. The molecule has 0 fully saturated rings. The van der Waals surface area contributed by atoms with Crippen LogP contribution in [0.4, 0.5) is 5.69 Å². The topological polar surface area (TPSA) is 78.2 Å². The average molecular weight is 343 g/mol. The van der Waals surface area contributed by atoms with Crippen LogP contribution in [0.1, 0.15) is 0 Å². The lowest BCUT2D eigenvalue weighted by Gasteiger charge is -2.02. The number of hydrogen-bond acceptors (Lipinski definition) is 5. The Balaban J connectivity index is 2.13. The summed E-state index contributed by atoms with van der Waals surface area (Å²) in [7, 11) is 0. The van der Waals surface area contributed by atoms with Gasteiger partial charge in [-0.25, -0.2) is 0 Å². The van der Waals surface area contributed by atoms with E-state index in [1.807, 2.05) is 12.1 Å². The first-order chi connectivity index (χ1) is 8.15. The maximum atomic E-state index is 10.4. The Morgan fingerprint density at radius 2 is 1.76 bits per heavy atom. The average Bonchev–Trinajstić information content (AvgIpc) is 2.33. The van der Waals surface area contributed by atoms with Crippen molar-refractivity contribution in [3.63, 3.8) is 0 Å². The van der Waals surface area contributed by atoms with Crippen LogP contribution >= 0.6 is 22.6 Å². The van der Waals surface area contributed by atoms with Gasteiger partial charge in [-0.1, -0.05) is 0 Å². The van der Waals surface area contributed by atoms with Crippen molar-refractivity contribution in [2.24, 2.45) is 0 Å². The molecule has 2 rings (SSSR count). The third-order valence-corrected chi connectivity index (χ3v) is 2.57. The van der Waals surface area contributed by atoms with Crippen LogP contribution in [0.3, 0.4) is 0 Å². The molecule has 1 heterocycles. The lowest BCUT2D eigenvalue weighted by Crippen LogP contribution is -1.94. The molecule has 0 radical (unpaired) electrons. The molecule has 6 nitrogen and oxygen atoms in total. The number of benzene rings is 1. The summed E-state index contributed by atoms with van der Waals surface area (Å²) < 4.78 is 6.40. The third-order valence-electron chi connectivity index (χ3n) is 1.85. The summed E-state index contributed by atoms with van der Waals surface area (Å²) in [5, 5.41) is 10.4. The minimum Gasteiger partial charge on any atom is -0.424 e. The number of aromatic nitrogens is 2. The van der Waals surface area contributed by atoms with Crippen molar-refractivity contribution >= 4 is 28.3 Å². The molecule has 1 aromatic heterocycles. The van der Waals surface area contributed by atoms with Crippen molar-refractivity contribution in [1.29, 1.82) is 0 Å². The highest BCUT2D eigenvalue weighted by Crippen LogP contribution is 2.19. The van der Waals surface area contributed by atoms with Crippen LogP contribution < -0.4 is 4.74 Å². The second-order valence-corrected chi connectivity index (χ2v) is 4.28. The van der Waals surface area contributed by atoms with E-state index in [9.17, 15) is 10.1 Å². The second-order valence-electron chi connectivity index (χ2n) is 3.04. The van der Waals surface area contributed by atoms with Crippen LogP contribution in [-0.4, -0.2) is 14.9 Å². The largest absolute Gasteiger partial charge is 0.424 e. The number of rotatable bonds is 3. The number of hydrogen-bond donors (Lipinski definition) is 0. The van der Waals surface area contributed by atoms with E-state index in [2.05, 4.69) is 32.6 Å². The van der Waals surface area contributed by atoms with Crippen molar-refractivity contribution in [1.82, 2.24) is 9.97 Å². The highest BCUT2D eigenvalue weighted by Gasteiger charge is 2.07. The fourth-order valence-corrected chi connectivity index (χ4v) is 1.42. The number of ether oxygens (including phenoxy) is 1. The van der Waals surface area contributed by atoms with E-state index in [1.54, 1.807) is 12.1 Å². The summed E-state index contributed by atoms with van der Waals surface area (Å²) in [6.07, 6.45) is 2.21. The minimum absolute atomic E-state index is 0.0804. The van der Waals surface area contributed by atoms with E-state index in [0.29, 0.717) is 5.75 Å². The second kappa shape index (κ2) is 5.04. The lowest BCUT2D eigenvalue weighted by atomic mass is 10.3. The van der Waals surface area contributed by atoms with Crippen molar-refractivity contribution in [3.8, 4) is 11.8 Å². The standard InChI is InChI=1S/C10H6IN3O3/c11-7-1-3-9(4-2-7)17-10-12-5-8(6-13-10)14(15)16/h1-6H. The van der Waals surface area contributed by atoms with Crippen LogP contribution in [-0.2, 0) is 0 Å². The molecule has 0 aliphatic rings. The molecule has 0 saturated carbocycles. The van der Waals surface area contributed by atoms with Gasteiger partial charge in [0.05, 0.1) is 4.92 Å². The maximum Gasteiger partial charge on any atom is 0.322 e. The third kappa shape index (κ3) is 3.09. The van der Waals surface area contributed by atoms with E-state index < -0.39 is 4.92 Å². The Morgan fingerprint density at radius 3 is 2.29 bits per heavy atom. The Morgan fingerprint density at radius 1 is 1.18 bits per heavy atom. The molecular weight excluding hydrogens is 337 g/mol. The van der Waals surface area contributed by atoms with Crippen LogP contribution in [0.5, 0.6) is 11.8 Å². The van der Waals surface area contributed by atoms with Crippen LogP contribution in [0.15, 0.2) is 36.7 Å². The van der Waals surface area contributed by atoms with Gasteiger partial charge >= 0.3 is 11.7 Å². The molecule has 0 aliphatic carbocycles. The summed E-state index contributed by atoms with van der Waals surface area (Å²) in [6, 6.07) is 7.37. The first-order valence-electron chi connectivity index (χ1n) is 4.55. The zero-order valence-corrected chi connectivity index (χ0v) is 10.6. The van der Waals surface area contributed by atoms with E-state index in [1.165, 1.54) is 0 Å². The molecule has 0 amide bonds. The van der Waals surface area contributed by atoms with E-state index in [4.69, 9.17) is 4.74 Å².